The second-order valence-corrected chi connectivity index (χ2v) is 9.24. The lowest BCUT2D eigenvalue weighted by Crippen LogP contribution is -2.20. The van der Waals surface area contributed by atoms with Crippen LogP contribution in [-0.2, 0) is 6.42 Å². The number of nitrogens with zero attached hydrogens (tertiary/aromatic N) is 1. The van der Waals surface area contributed by atoms with Crippen LogP contribution in [-0.4, -0.2) is 22.3 Å². The highest BCUT2D eigenvalue weighted by molar-refractivity contribution is 7.15. The highest BCUT2D eigenvalue weighted by Crippen LogP contribution is 2.47. The van der Waals surface area contributed by atoms with Crippen LogP contribution >= 0.6 is 23.7 Å². The minimum atomic E-state index is -3.27. The molecule has 2 aliphatic rings. The summed E-state index contributed by atoms with van der Waals surface area (Å²) < 4.78 is 48.6. The van der Waals surface area contributed by atoms with Crippen LogP contribution in [0.2, 0.25) is 0 Å². The summed E-state index contributed by atoms with van der Waals surface area (Å²) in [6.45, 7) is -3.27. The van der Waals surface area contributed by atoms with Crippen LogP contribution < -0.4 is 15.9 Å². The summed E-state index contributed by atoms with van der Waals surface area (Å²) in [5.74, 6) is -2.85. The van der Waals surface area contributed by atoms with Gasteiger partial charge in [-0.2, -0.15) is 8.78 Å². The molecule has 0 spiro atoms. The lowest BCUT2D eigenvalue weighted by molar-refractivity contribution is -0.0487. The Kier molecular flexibility index (Phi) is 6.19. The van der Waals surface area contributed by atoms with Crippen LogP contribution in [0.4, 0.5) is 13.2 Å². The number of benzene rings is 1. The standard InChI is InChI=1S/C22H19F3N2O4S.ClH/c23-13-7-11-17(27(10-4-5-10)8-12(18(11)28)21(29)30)19(31-22(24)25)16(13)15-6-9-2-1-3-14(26)20(9)32-15;/h6-8,10,14,22H,1-5,26H2,(H,29,30);1H. The maximum atomic E-state index is 15.4. The van der Waals surface area contributed by atoms with Gasteiger partial charge in [0.05, 0.1) is 16.5 Å². The summed E-state index contributed by atoms with van der Waals surface area (Å²) in [6, 6.07) is 2.28. The molecule has 1 unspecified atom stereocenters. The van der Waals surface area contributed by atoms with Crippen LogP contribution in [0.3, 0.4) is 0 Å². The molecule has 1 saturated carbocycles. The number of hydrogen-bond acceptors (Lipinski definition) is 5. The molecule has 0 bridgehead atoms. The number of carboxylic acids is 1. The fraction of sp³-hybridized carbons (Fsp3) is 0.364. The number of aromatic nitrogens is 1. The molecule has 33 heavy (non-hydrogen) atoms. The quantitative estimate of drug-likeness (QED) is 0.498. The maximum absolute atomic E-state index is 15.4. The minimum Gasteiger partial charge on any atom is -0.477 e. The molecule has 176 valence electrons. The number of fused-ring (bicyclic) bond motifs is 2. The Labute approximate surface area is 196 Å². The van der Waals surface area contributed by atoms with Gasteiger partial charge in [0.2, 0.25) is 5.43 Å². The molecule has 1 aromatic carbocycles. The highest BCUT2D eigenvalue weighted by atomic mass is 35.5. The third-order valence-corrected chi connectivity index (χ3v) is 7.31. The summed E-state index contributed by atoms with van der Waals surface area (Å²) in [4.78, 5) is 25.6. The fourth-order valence-corrected chi connectivity index (χ4v) is 5.69. The van der Waals surface area contributed by atoms with Gasteiger partial charge in [-0.05, 0) is 49.8 Å². The first kappa shape index (κ1) is 23.6. The Balaban J connectivity index is 0.00000259. The molecule has 0 aliphatic heterocycles. The topological polar surface area (TPSA) is 94.5 Å². The lowest BCUT2D eigenvalue weighted by atomic mass is 9.95. The van der Waals surface area contributed by atoms with Crippen LogP contribution in [0.1, 0.15) is 58.6 Å². The summed E-state index contributed by atoms with van der Waals surface area (Å²) in [5, 5.41) is 9.12. The monoisotopic (exact) mass is 500 g/mol. The molecule has 3 N–H and O–H groups in total. The van der Waals surface area contributed by atoms with Crippen molar-refractivity contribution in [3.05, 3.63) is 50.4 Å². The van der Waals surface area contributed by atoms with Crippen molar-refractivity contribution in [2.75, 3.05) is 0 Å². The van der Waals surface area contributed by atoms with E-state index in [1.807, 2.05) is 0 Å². The van der Waals surface area contributed by atoms with Gasteiger partial charge in [-0.1, -0.05) is 0 Å². The van der Waals surface area contributed by atoms with Gasteiger partial charge in [-0.25, -0.2) is 9.18 Å². The first-order valence-corrected chi connectivity index (χ1v) is 11.1. The number of rotatable bonds is 5. The number of thiophene rings is 1. The molecule has 1 fully saturated rings. The first-order valence-electron chi connectivity index (χ1n) is 10.2. The summed E-state index contributed by atoms with van der Waals surface area (Å²) >= 11 is 1.23. The van der Waals surface area contributed by atoms with E-state index >= 15 is 4.39 Å². The van der Waals surface area contributed by atoms with E-state index in [2.05, 4.69) is 0 Å². The van der Waals surface area contributed by atoms with Gasteiger partial charge in [-0.3, -0.25) is 4.79 Å². The summed E-state index contributed by atoms with van der Waals surface area (Å²) in [7, 11) is 0. The fourth-order valence-electron chi connectivity index (χ4n) is 4.40. The van der Waals surface area contributed by atoms with E-state index < -0.39 is 35.1 Å². The van der Waals surface area contributed by atoms with Crippen molar-refractivity contribution >= 4 is 40.6 Å². The molecule has 5 rings (SSSR count). The van der Waals surface area contributed by atoms with Crippen molar-refractivity contribution in [3.8, 4) is 16.2 Å². The van der Waals surface area contributed by atoms with Gasteiger partial charge in [0.25, 0.3) is 0 Å². The number of aryl methyl sites for hydroxylation is 1. The van der Waals surface area contributed by atoms with Crippen molar-refractivity contribution in [2.24, 2.45) is 5.73 Å². The largest absolute Gasteiger partial charge is 0.477 e. The van der Waals surface area contributed by atoms with Crippen molar-refractivity contribution in [2.45, 2.75) is 50.8 Å². The molecule has 1 atom stereocenters. The molecule has 3 aromatic rings. The second kappa shape index (κ2) is 8.66. The highest BCUT2D eigenvalue weighted by Gasteiger charge is 2.32. The zero-order valence-electron chi connectivity index (χ0n) is 17.1. The van der Waals surface area contributed by atoms with E-state index in [1.165, 1.54) is 15.9 Å². The van der Waals surface area contributed by atoms with Crippen molar-refractivity contribution in [3.63, 3.8) is 0 Å². The van der Waals surface area contributed by atoms with E-state index in [1.54, 1.807) is 6.07 Å². The average Bonchev–Trinajstić information content (AvgIpc) is 3.47. The zero-order valence-corrected chi connectivity index (χ0v) is 18.8. The molecule has 6 nitrogen and oxygen atoms in total. The summed E-state index contributed by atoms with van der Waals surface area (Å²) in [5.41, 5.74) is 5.47. The Morgan fingerprint density at radius 1 is 1.27 bits per heavy atom. The van der Waals surface area contributed by atoms with Crippen LogP contribution in [0.25, 0.3) is 21.3 Å². The molecule has 0 saturated heterocycles. The summed E-state index contributed by atoms with van der Waals surface area (Å²) in [6.07, 6.45) is 4.92. The molecule has 2 aromatic heterocycles. The van der Waals surface area contributed by atoms with E-state index in [4.69, 9.17) is 10.5 Å². The van der Waals surface area contributed by atoms with Gasteiger partial charge in [0.1, 0.15) is 11.4 Å². The molecule has 2 heterocycles. The van der Waals surface area contributed by atoms with E-state index in [0.717, 1.165) is 42.0 Å². The Bertz CT molecular complexity index is 1320. The van der Waals surface area contributed by atoms with Gasteiger partial charge < -0.3 is 20.1 Å². The maximum Gasteiger partial charge on any atom is 0.387 e. The van der Waals surface area contributed by atoms with Crippen LogP contribution in [0.5, 0.6) is 5.75 Å². The second-order valence-electron chi connectivity index (χ2n) is 8.15. The zero-order chi connectivity index (χ0) is 22.7. The van der Waals surface area contributed by atoms with E-state index in [-0.39, 0.29) is 41.0 Å². The number of halogens is 4. The molecular formula is C22H20ClF3N2O4S. The van der Waals surface area contributed by atoms with Crippen LogP contribution in [0.15, 0.2) is 23.1 Å². The van der Waals surface area contributed by atoms with Crippen LogP contribution in [0, 0.1) is 5.82 Å². The number of hydrogen-bond donors (Lipinski definition) is 2. The average molecular weight is 501 g/mol. The third-order valence-electron chi connectivity index (χ3n) is 5.99. The molecule has 0 amide bonds. The Hall–Kier alpha value is -2.56. The van der Waals surface area contributed by atoms with Crippen molar-refractivity contribution < 1.29 is 27.8 Å². The normalized spacial score (nSPS) is 17.7. The molecule has 11 heteroatoms. The van der Waals surface area contributed by atoms with E-state index in [0.29, 0.717) is 17.7 Å². The first-order chi connectivity index (χ1) is 15.3. The predicted octanol–water partition coefficient (Wildman–Crippen LogP) is 5.26. The SMILES string of the molecule is Cl.NC1CCCc2cc(-c3c(F)cc4c(=O)c(C(=O)O)cn(C5CC5)c4c3OC(F)F)sc21. The van der Waals surface area contributed by atoms with Crippen molar-refractivity contribution in [1.82, 2.24) is 4.57 Å². The van der Waals surface area contributed by atoms with Gasteiger partial charge in [-0.15, -0.1) is 23.7 Å². The number of carbonyl (C=O) groups is 1. The Morgan fingerprint density at radius 2 is 2.00 bits per heavy atom. The van der Waals surface area contributed by atoms with E-state index in [9.17, 15) is 23.5 Å². The Morgan fingerprint density at radius 3 is 2.61 bits per heavy atom. The molecule has 0 radical (unpaired) electrons. The van der Waals surface area contributed by atoms with Gasteiger partial charge in [0.15, 0.2) is 5.75 Å². The third kappa shape index (κ3) is 4.00. The number of pyridine rings is 1. The lowest BCUT2D eigenvalue weighted by Gasteiger charge is -2.19. The number of nitrogens with two attached hydrogens (primary N) is 1. The van der Waals surface area contributed by atoms with Gasteiger partial charge >= 0.3 is 12.6 Å². The van der Waals surface area contributed by atoms with Gasteiger partial charge in [0, 0.05) is 28.0 Å². The van der Waals surface area contributed by atoms with Crippen molar-refractivity contribution in [1.29, 1.82) is 0 Å². The number of alkyl halides is 2. The number of ether oxygens (including phenoxy) is 1. The molecular weight excluding hydrogens is 481 g/mol. The number of carboxylic acid groups (broad SMARTS) is 1. The smallest absolute Gasteiger partial charge is 0.387 e. The minimum absolute atomic E-state index is 0. The molecule has 2 aliphatic carbocycles. The predicted molar refractivity (Wildman–Crippen MR) is 120 cm³/mol. The number of aromatic carboxylic acids is 1.